The van der Waals surface area contributed by atoms with Gasteiger partial charge in [-0.3, -0.25) is 9.25 Å². The van der Waals surface area contributed by atoms with E-state index in [0.29, 0.717) is 0 Å². The molecule has 0 aliphatic heterocycles. The Morgan fingerprint density at radius 3 is 2.53 bits per heavy atom. The summed E-state index contributed by atoms with van der Waals surface area (Å²) >= 11 is 0. The van der Waals surface area contributed by atoms with Crippen LogP contribution in [0.3, 0.4) is 0 Å². The summed E-state index contributed by atoms with van der Waals surface area (Å²) in [5, 5.41) is 4.37. The molecular formula is C10H17N5. The van der Waals surface area contributed by atoms with Crippen LogP contribution in [0, 0.1) is 6.92 Å². The largest absolute Gasteiger partial charge is 0.348 e. The molecule has 0 bridgehead atoms. The number of fused-ring (bicyclic) bond motifs is 1. The van der Waals surface area contributed by atoms with E-state index in [1.165, 1.54) is 0 Å². The van der Waals surface area contributed by atoms with Gasteiger partial charge in [0.25, 0.3) is 0 Å². The fraction of sp³-hybridized carbons (Fsp3) is 0.600. The molecule has 2 aromatic rings. The normalized spacial score (nSPS) is 11.3. The van der Waals surface area contributed by atoms with Gasteiger partial charge in [-0.2, -0.15) is 5.10 Å². The predicted octanol–water partition coefficient (Wildman–Crippen LogP) is 1.16. The van der Waals surface area contributed by atoms with Crippen LogP contribution in [0.2, 0.25) is 0 Å². The lowest BCUT2D eigenvalue weighted by Gasteiger charge is -2.13. The highest BCUT2D eigenvalue weighted by Crippen LogP contribution is 2.22. The van der Waals surface area contributed by atoms with Gasteiger partial charge in [-0.15, -0.1) is 0 Å². The maximum atomic E-state index is 4.61. The van der Waals surface area contributed by atoms with E-state index in [1.54, 1.807) is 0 Å². The van der Waals surface area contributed by atoms with Crippen LogP contribution in [0.4, 0.5) is 5.95 Å². The Hall–Kier alpha value is -1.52. The van der Waals surface area contributed by atoms with E-state index >= 15 is 0 Å². The third kappa shape index (κ3) is 1.30. The molecular weight excluding hydrogens is 190 g/mol. The van der Waals surface area contributed by atoms with Gasteiger partial charge < -0.3 is 4.90 Å². The van der Waals surface area contributed by atoms with E-state index < -0.39 is 0 Å². The number of imidazole rings is 1. The summed E-state index contributed by atoms with van der Waals surface area (Å²) in [6.45, 7) is 5.02. The van der Waals surface area contributed by atoms with Gasteiger partial charge in [-0.05, 0) is 13.8 Å². The Bertz CT molecular complexity index is 491. The van der Waals surface area contributed by atoms with E-state index in [2.05, 4.69) is 21.6 Å². The predicted molar refractivity (Wildman–Crippen MR) is 61.2 cm³/mol. The highest BCUT2D eigenvalue weighted by atomic mass is 15.4. The minimum Gasteiger partial charge on any atom is -0.348 e. The van der Waals surface area contributed by atoms with Crippen LogP contribution < -0.4 is 4.90 Å². The molecule has 0 N–H and O–H groups in total. The van der Waals surface area contributed by atoms with Gasteiger partial charge in [-0.1, -0.05) is 0 Å². The molecule has 2 heterocycles. The van der Waals surface area contributed by atoms with Crippen LogP contribution in [0.25, 0.3) is 11.2 Å². The highest BCUT2D eigenvalue weighted by Gasteiger charge is 2.16. The van der Waals surface area contributed by atoms with Gasteiger partial charge in [0.05, 0.1) is 5.69 Å². The highest BCUT2D eigenvalue weighted by molar-refractivity contribution is 5.78. The molecule has 0 aliphatic carbocycles. The summed E-state index contributed by atoms with van der Waals surface area (Å²) in [6, 6.07) is 0. The molecule has 82 valence electrons. The third-order valence-electron chi connectivity index (χ3n) is 2.59. The first kappa shape index (κ1) is 10.0. The van der Waals surface area contributed by atoms with Crippen molar-refractivity contribution in [2.45, 2.75) is 20.4 Å². The molecule has 0 fully saturated rings. The lowest BCUT2D eigenvalue weighted by atomic mass is 10.4. The van der Waals surface area contributed by atoms with Gasteiger partial charge in [0, 0.05) is 27.7 Å². The monoisotopic (exact) mass is 207 g/mol. The van der Waals surface area contributed by atoms with Crippen LogP contribution in [0.1, 0.15) is 12.6 Å². The van der Waals surface area contributed by atoms with Crippen molar-refractivity contribution in [3.05, 3.63) is 5.69 Å². The molecule has 0 spiro atoms. The summed E-state index contributed by atoms with van der Waals surface area (Å²) in [4.78, 5) is 6.64. The Morgan fingerprint density at radius 1 is 1.33 bits per heavy atom. The quantitative estimate of drug-likeness (QED) is 0.742. The molecule has 0 saturated heterocycles. The zero-order chi connectivity index (χ0) is 11.2. The van der Waals surface area contributed by atoms with Crippen LogP contribution >= 0.6 is 0 Å². The van der Waals surface area contributed by atoms with E-state index in [1.807, 2.05) is 37.6 Å². The number of aryl methyl sites for hydroxylation is 3. The van der Waals surface area contributed by atoms with Crippen molar-refractivity contribution in [2.24, 2.45) is 7.05 Å². The average molecular weight is 207 g/mol. The lowest BCUT2D eigenvalue weighted by molar-refractivity contribution is 0.701. The van der Waals surface area contributed by atoms with Gasteiger partial charge in [0.2, 0.25) is 5.95 Å². The molecule has 2 aromatic heterocycles. The standard InChI is InChI=1S/C10H17N5/c1-6-15-9-8(7(2)12-14(9)5)11-10(15)13(3)4/h6H2,1-5H3. The summed E-state index contributed by atoms with van der Waals surface area (Å²) < 4.78 is 4.07. The molecule has 0 unspecified atom stereocenters. The first-order valence-corrected chi connectivity index (χ1v) is 5.13. The summed E-state index contributed by atoms with van der Waals surface area (Å²) in [5.74, 6) is 0.989. The number of anilines is 1. The van der Waals surface area contributed by atoms with Crippen LogP contribution in [0.15, 0.2) is 0 Å². The summed E-state index contributed by atoms with van der Waals surface area (Å²) in [7, 11) is 5.98. The topological polar surface area (TPSA) is 38.9 Å². The zero-order valence-corrected chi connectivity index (χ0v) is 9.94. The van der Waals surface area contributed by atoms with Crippen molar-refractivity contribution >= 4 is 17.1 Å². The molecule has 15 heavy (non-hydrogen) atoms. The van der Waals surface area contributed by atoms with Crippen molar-refractivity contribution in [3.63, 3.8) is 0 Å². The Labute approximate surface area is 89.3 Å². The minimum absolute atomic E-state index is 0.906. The number of nitrogens with zero attached hydrogens (tertiary/aromatic N) is 5. The van der Waals surface area contributed by atoms with E-state index in [-0.39, 0.29) is 0 Å². The van der Waals surface area contributed by atoms with Crippen molar-refractivity contribution in [3.8, 4) is 0 Å². The van der Waals surface area contributed by atoms with Crippen molar-refractivity contribution in [2.75, 3.05) is 19.0 Å². The molecule has 0 radical (unpaired) electrons. The molecule has 0 saturated carbocycles. The van der Waals surface area contributed by atoms with E-state index in [9.17, 15) is 0 Å². The van der Waals surface area contributed by atoms with Crippen LogP contribution in [-0.2, 0) is 13.6 Å². The Morgan fingerprint density at radius 2 is 2.00 bits per heavy atom. The number of hydrogen-bond donors (Lipinski definition) is 0. The second-order valence-electron chi connectivity index (χ2n) is 3.93. The van der Waals surface area contributed by atoms with Crippen LogP contribution in [0.5, 0.6) is 0 Å². The van der Waals surface area contributed by atoms with Crippen LogP contribution in [-0.4, -0.2) is 33.4 Å². The SMILES string of the molecule is CCn1c(N(C)C)nc2c(C)nn(C)c21. The smallest absolute Gasteiger partial charge is 0.207 e. The summed E-state index contributed by atoms with van der Waals surface area (Å²) in [6.07, 6.45) is 0. The number of aromatic nitrogens is 4. The molecule has 0 amide bonds. The molecule has 2 rings (SSSR count). The first-order valence-electron chi connectivity index (χ1n) is 5.13. The van der Waals surface area contributed by atoms with Gasteiger partial charge in [0.15, 0.2) is 5.65 Å². The fourth-order valence-electron chi connectivity index (χ4n) is 1.96. The minimum atomic E-state index is 0.906. The second-order valence-corrected chi connectivity index (χ2v) is 3.93. The summed E-state index contributed by atoms with van der Waals surface area (Å²) in [5.41, 5.74) is 3.09. The van der Waals surface area contributed by atoms with Gasteiger partial charge in [-0.25, -0.2) is 4.98 Å². The molecule has 5 nitrogen and oxygen atoms in total. The first-order chi connectivity index (χ1) is 7.06. The molecule has 0 atom stereocenters. The zero-order valence-electron chi connectivity index (χ0n) is 9.94. The van der Waals surface area contributed by atoms with Gasteiger partial charge in [0.1, 0.15) is 5.52 Å². The average Bonchev–Trinajstić information content (AvgIpc) is 2.66. The fourth-order valence-corrected chi connectivity index (χ4v) is 1.96. The van der Waals surface area contributed by atoms with E-state index in [0.717, 1.165) is 29.4 Å². The maximum Gasteiger partial charge on any atom is 0.207 e. The van der Waals surface area contributed by atoms with Crippen molar-refractivity contribution in [1.82, 2.24) is 19.3 Å². The maximum absolute atomic E-state index is 4.61. The van der Waals surface area contributed by atoms with Crippen molar-refractivity contribution in [1.29, 1.82) is 0 Å². The number of hydrogen-bond acceptors (Lipinski definition) is 3. The van der Waals surface area contributed by atoms with E-state index in [4.69, 9.17) is 0 Å². The molecule has 0 aromatic carbocycles. The van der Waals surface area contributed by atoms with Gasteiger partial charge >= 0.3 is 0 Å². The molecule has 0 aliphatic rings. The Kier molecular flexibility index (Phi) is 2.17. The Balaban J connectivity index is 2.80. The second kappa shape index (κ2) is 3.25. The van der Waals surface area contributed by atoms with Crippen molar-refractivity contribution < 1.29 is 0 Å². The third-order valence-corrected chi connectivity index (χ3v) is 2.59. The molecule has 5 heteroatoms. The number of rotatable bonds is 2. The lowest BCUT2D eigenvalue weighted by Crippen LogP contribution is -2.16.